The van der Waals surface area contributed by atoms with Crippen molar-refractivity contribution in [3.8, 4) is 11.3 Å². The molecule has 3 aromatic rings. The normalized spacial score (nSPS) is 10.6. The highest BCUT2D eigenvalue weighted by Gasteiger charge is 2.17. The van der Waals surface area contributed by atoms with E-state index in [0.29, 0.717) is 33.8 Å². The van der Waals surface area contributed by atoms with Crippen molar-refractivity contribution in [2.45, 2.75) is 26.7 Å². The molecule has 0 aliphatic carbocycles. The molecule has 3 rings (SSSR count). The Labute approximate surface area is 160 Å². The number of anilines is 1. The number of benzene rings is 1. The van der Waals surface area contributed by atoms with Gasteiger partial charge < -0.3 is 14.5 Å². The van der Waals surface area contributed by atoms with Gasteiger partial charge in [-0.25, -0.2) is 14.8 Å². The Balaban J connectivity index is 1.57. The second-order valence-corrected chi connectivity index (χ2v) is 6.96. The average Bonchev–Trinajstić information content (AvgIpc) is 3.26. The number of oxazole rings is 1. The predicted octanol–water partition coefficient (Wildman–Crippen LogP) is 3.77. The van der Waals surface area contributed by atoms with Gasteiger partial charge in [-0.05, 0) is 13.8 Å². The van der Waals surface area contributed by atoms with Crippen molar-refractivity contribution in [1.29, 1.82) is 0 Å². The third-order valence-electron chi connectivity index (χ3n) is 3.87. The summed E-state index contributed by atoms with van der Waals surface area (Å²) < 4.78 is 10.4. The lowest BCUT2D eigenvalue weighted by molar-refractivity contribution is -0.116. The van der Waals surface area contributed by atoms with Crippen LogP contribution in [0.25, 0.3) is 11.3 Å². The lowest BCUT2D eigenvalue weighted by atomic mass is 10.1. The molecule has 0 fully saturated rings. The van der Waals surface area contributed by atoms with E-state index < -0.39 is 5.97 Å². The van der Waals surface area contributed by atoms with Crippen LogP contribution in [0, 0.1) is 13.8 Å². The maximum Gasteiger partial charge on any atom is 0.350 e. The van der Waals surface area contributed by atoms with Gasteiger partial charge in [-0.1, -0.05) is 41.2 Å². The van der Waals surface area contributed by atoms with Crippen LogP contribution in [0.15, 0.2) is 34.9 Å². The van der Waals surface area contributed by atoms with Crippen LogP contribution in [0.2, 0.25) is 0 Å². The number of thiazole rings is 1. The van der Waals surface area contributed by atoms with Crippen molar-refractivity contribution in [2.24, 2.45) is 0 Å². The van der Waals surface area contributed by atoms with Gasteiger partial charge in [0.15, 0.2) is 16.8 Å². The number of nitrogens with one attached hydrogen (secondary N) is 1. The minimum Gasteiger partial charge on any atom is -0.465 e. The standard InChI is InChI=1S/C19H19N3O4S/c1-11-4-6-13(7-5-11)14-10-20-16(26-14)9-8-15(23)22-19-21-12(2)17(27-19)18(24)25-3/h4-7,10H,8-9H2,1-3H3,(H,21,22,23). The molecule has 0 saturated heterocycles. The smallest absolute Gasteiger partial charge is 0.350 e. The number of methoxy groups -OCH3 is 1. The number of amides is 1. The van der Waals surface area contributed by atoms with Crippen LogP contribution in [-0.4, -0.2) is 29.0 Å². The number of carbonyl (C=O) groups is 2. The van der Waals surface area contributed by atoms with Gasteiger partial charge in [-0.15, -0.1) is 0 Å². The molecule has 140 valence electrons. The van der Waals surface area contributed by atoms with E-state index in [1.165, 1.54) is 12.7 Å². The number of rotatable bonds is 6. The number of aromatic nitrogens is 2. The van der Waals surface area contributed by atoms with Crippen molar-refractivity contribution in [2.75, 3.05) is 12.4 Å². The molecule has 1 N–H and O–H groups in total. The number of hydrogen-bond acceptors (Lipinski definition) is 7. The quantitative estimate of drug-likeness (QED) is 0.649. The van der Waals surface area contributed by atoms with Crippen LogP contribution in [-0.2, 0) is 16.0 Å². The molecule has 0 aliphatic heterocycles. The van der Waals surface area contributed by atoms with Gasteiger partial charge in [0.2, 0.25) is 5.91 Å². The Kier molecular flexibility index (Phi) is 5.66. The van der Waals surface area contributed by atoms with Gasteiger partial charge in [-0.3, -0.25) is 4.79 Å². The molecule has 2 heterocycles. The molecule has 1 amide bonds. The first-order valence-corrected chi connectivity index (χ1v) is 9.15. The summed E-state index contributed by atoms with van der Waals surface area (Å²) >= 11 is 1.09. The van der Waals surface area contributed by atoms with Gasteiger partial charge >= 0.3 is 5.97 Å². The van der Waals surface area contributed by atoms with Crippen molar-refractivity contribution in [3.05, 3.63) is 52.5 Å². The van der Waals surface area contributed by atoms with E-state index in [4.69, 9.17) is 4.42 Å². The lowest BCUT2D eigenvalue weighted by Crippen LogP contribution is -2.12. The van der Waals surface area contributed by atoms with Gasteiger partial charge in [0.05, 0.1) is 19.0 Å². The van der Waals surface area contributed by atoms with E-state index in [2.05, 4.69) is 20.0 Å². The van der Waals surface area contributed by atoms with E-state index >= 15 is 0 Å². The first-order valence-electron chi connectivity index (χ1n) is 8.33. The van der Waals surface area contributed by atoms with Crippen molar-refractivity contribution >= 4 is 28.3 Å². The second-order valence-electron chi connectivity index (χ2n) is 5.96. The molecule has 0 unspecified atom stereocenters. The SMILES string of the molecule is COC(=O)c1sc(NC(=O)CCc2ncc(-c3ccc(C)cc3)o2)nc1C. The van der Waals surface area contributed by atoms with Crippen LogP contribution in [0.3, 0.4) is 0 Å². The fourth-order valence-corrected chi connectivity index (χ4v) is 3.31. The molecule has 1 aromatic carbocycles. The molecule has 2 aromatic heterocycles. The molecule has 27 heavy (non-hydrogen) atoms. The number of carbonyl (C=O) groups excluding carboxylic acids is 2. The summed E-state index contributed by atoms with van der Waals surface area (Å²) in [5.41, 5.74) is 2.64. The van der Waals surface area contributed by atoms with E-state index in [1.807, 2.05) is 31.2 Å². The summed E-state index contributed by atoms with van der Waals surface area (Å²) in [6, 6.07) is 7.94. The number of esters is 1. The highest BCUT2D eigenvalue weighted by atomic mass is 32.1. The molecular formula is C19H19N3O4S. The lowest BCUT2D eigenvalue weighted by Gasteiger charge is -2.00. The topological polar surface area (TPSA) is 94.3 Å². The van der Waals surface area contributed by atoms with E-state index in [1.54, 1.807) is 13.1 Å². The molecular weight excluding hydrogens is 366 g/mol. The van der Waals surface area contributed by atoms with E-state index in [-0.39, 0.29) is 12.3 Å². The van der Waals surface area contributed by atoms with Gasteiger partial charge in [0.1, 0.15) is 4.88 Å². The summed E-state index contributed by atoms with van der Waals surface area (Å²) in [7, 11) is 1.31. The zero-order chi connectivity index (χ0) is 19.4. The number of hydrogen-bond donors (Lipinski definition) is 1. The number of ether oxygens (including phenoxy) is 1. The molecule has 0 radical (unpaired) electrons. The fourth-order valence-electron chi connectivity index (χ4n) is 2.41. The molecule has 0 aliphatic rings. The molecule has 0 bridgehead atoms. The largest absolute Gasteiger partial charge is 0.465 e. The minimum atomic E-state index is -0.464. The average molecular weight is 385 g/mol. The van der Waals surface area contributed by atoms with Crippen LogP contribution < -0.4 is 5.32 Å². The maximum atomic E-state index is 12.1. The molecule has 0 saturated carbocycles. The van der Waals surface area contributed by atoms with Gasteiger partial charge in [-0.2, -0.15) is 0 Å². The highest BCUT2D eigenvalue weighted by Crippen LogP contribution is 2.24. The maximum absolute atomic E-state index is 12.1. The van der Waals surface area contributed by atoms with Crippen LogP contribution in [0.4, 0.5) is 5.13 Å². The summed E-state index contributed by atoms with van der Waals surface area (Å²) in [6.45, 7) is 3.71. The Morgan fingerprint density at radius 1 is 1.22 bits per heavy atom. The van der Waals surface area contributed by atoms with Crippen LogP contribution in [0.1, 0.15) is 33.2 Å². The number of nitrogens with zero attached hydrogens (tertiary/aromatic N) is 2. The van der Waals surface area contributed by atoms with E-state index in [0.717, 1.165) is 16.9 Å². The van der Waals surface area contributed by atoms with Gasteiger partial charge in [0, 0.05) is 18.4 Å². The molecule has 0 spiro atoms. The Morgan fingerprint density at radius 3 is 2.67 bits per heavy atom. The van der Waals surface area contributed by atoms with Crippen molar-refractivity contribution in [3.63, 3.8) is 0 Å². The summed E-state index contributed by atoms with van der Waals surface area (Å²) in [5.74, 6) is 0.471. The Hall–Kier alpha value is -3.00. The third kappa shape index (κ3) is 4.59. The molecule has 8 heteroatoms. The number of aryl methyl sites for hydroxylation is 3. The zero-order valence-electron chi connectivity index (χ0n) is 15.2. The first-order chi connectivity index (χ1) is 13.0. The van der Waals surface area contributed by atoms with Crippen molar-refractivity contribution < 1.29 is 18.7 Å². The fraction of sp³-hybridized carbons (Fsp3) is 0.263. The first kappa shape index (κ1) is 18.8. The van der Waals surface area contributed by atoms with Crippen LogP contribution >= 0.6 is 11.3 Å². The predicted molar refractivity (Wildman–Crippen MR) is 102 cm³/mol. The van der Waals surface area contributed by atoms with Crippen molar-refractivity contribution in [1.82, 2.24) is 9.97 Å². The monoisotopic (exact) mass is 385 g/mol. The van der Waals surface area contributed by atoms with Gasteiger partial charge in [0.25, 0.3) is 0 Å². The Bertz CT molecular complexity index is 960. The molecule has 0 atom stereocenters. The van der Waals surface area contributed by atoms with Crippen LogP contribution in [0.5, 0.6) is 0 Å². The third-order valence-corrected chi connectivity index (χ3v) is 4.92. The summed E-state index contributed by atoms with van der Waals surface area (Å²) in [6.07, 6.45) is 2.22. The molecule has 7 nitrogen and oxygen atoms in total. The minimum absolute atomic E-state index is 0.194. The van der Waals surface area contributed by atoms with E-state index in [9.17, 15) is 9.59 Å². The highest BCUT2D eigenvalue weighted by molar-refractivity contribution is 7.17. The zero-order valence-corrected chi connectivity index (χ0v) is 16.1. The summed E-state index contributed by atoms with van der Waals surface area (Å²) in [5, 5.41) is 3.05. The summed E-state index contributed by atoms with van der Waals surface area (Å²) in [4.78, 5) is 32.5. The Morgan fingerprint density at radius 2 is 1.96 bits per heavy atom. The second kappa shape index (κ2) is 8.13.